The van der Waals surface area contributed by atoms with Gasteiger partial charge in [-0.1, -0.05) is 30.3 Å². The first-order chi connectivity index (χ1) is 13.1. The molecule has 2 aromatic heterocycles. The third-order valence-electron chi connectivity index (χ3n) is 4.42. The zero-order chi connectivity index (χ0) is 18.8. The van der Waals surface area contributed by atoms with Gasteiger partial charge in [-0.2, -0.15) is 5.10 Å². The fourth-order valence-electron chi connectivity index (χ4n) is 3.04. The monoisotopic (exact) mass is 357 g/mol. The Morgan fingerprint density at radius 1 is 0.852 bits per heavy atom. The number of benzene rings is 2. The first-order valence-electron chi connectivity index (χ1n) is 8.66. The quantitative estimate of drug-likeness (QED) is 0.549. The number of hydrogen-bond acceptors (Lipinski definition) is 3. The second kappa shape index (κ2) is 6.96. The van der Waals surface area contributed by atoms with Crippen LogP contribution in [0.4, 0.5) is 0 Å². The van der Waals surface area contributed by atoms with Crippen molar-refractivity contribution >= 4 is 0 Å². The Morgan fingerprint density at radius 2 is 1.59 bits per heavy atom. The summed E-state index contributed by atoms with van der Waals surface area (Å²) >= 11 is 0. The molecule has 0 aliphatic heterocycles. The van der Waals surface area contributed by atoms with Crippen molar-refractivity contribution in [2.45, 2.75) is 0 Å². The highest BCUT2D eigenvalue weighted by Gasteiger charge is 2.17. The number of aryl methyl sites for hydroxylation is 2. The van der Waals surface area contributed by atoms with Crippen LogP contribution in [0.15, 0.2) is 83.8 Å². The molecular formula is C22H19N3O2. The normalized spacial score (nSPS) is 10.7. The lowest BCUT2D eigenvalue weighted by atomic mass is 10.0. The van der Waals surface area contributed by atoms with Crippen LogP contribution in [0.5, 0.6) is 11.5 Å². The van der Waals surface area contributed by atoms with Crippen molar-refractivity contribution in [3.63, 3.8) is 0 Å². The van der Waals surface area contributed by atoms with Crippen LogP contribution < -0.4 is 10.3 Å². The molecule has 27 heavy (non-hydrogen) atoms. The van der Waals surface area contributed by atoms with Crippen molar-refractivity contribution in [2.24, 2.45) is 14.1 Å². The minimum Gasteiger partial charge on any atom is -0.457 e. The number of hydrogen-bond donors (Lipinski definition) is 0. The fraction of sp³-hybridized carbons (Fsp3) is 0.0909. The molecule has 2 aromatic carbocycles. The molecule has 0 aliphatic rings. The zero-order valence-electron chi connectivity index (χ0n) is 15.2. The molecule has 0 radical (unpaired) electrons. The van der Waals surface area contributed by atoms with Crippen LogP contribution in [-0.4, -0.2) is 14.3 Å². The first-order valence-corrected chi connectivity index (χ1v) is 8.66. The van der Waals surface area contributed by atoms with E-state index in [1.165, 1.54) is 4.68 Å². The zero-order valence-corrected chi connectivity index (χ0v) is 15.2. The van der Waals surface area contributed by atoms with E-state index in [4.69, 9.17) is 4.74 Å². The number of aromatic nitrogens is 3. The molecule has 0 bridgehead atoms. The lowest BCUT2D eigenvalue weighted by Gasteiger charge is -2.15. The summed E-state index contributed by atoms with van der Waals surface area (Å²) < 4.78 is 9.42. The van der Waals surface area contributed by atoms with E-state index >= 15 is 0 Å². The van der Waals surface area contributed by atoms with E-state index < -0.39 is 0 Å². The molecule has 0 saturated heterocycles. The first kappa shape index (κ1) is 16.8. The van der Waals surface area contributed by atoms with Gasteiger partial charge in [0.25, 0.3) is 5.56 Å². The van der Waals surface area contributed by atoms with E-state index in [1.807, 2.05) is 84.5 Å². The van der Waals surface area contributed by atoms with Crippen LogP contribution in [0.25, 0.3) is 22.5 Å². The predicted molar refractivity (Wildman–Crippen MR) is 106 cm³/mol. The summed E-state index contributed by atoms with van der Waals surface area (Å²) in [6.07, 6.45) is 1.95. The van der Waals surface area contributed by atoms with Crippen LogP contribution in [0, 0.1) is 0 Å². The summed E-state index contributed by atoms with van der Waals surface area (Å²) in [4.78, 5) is 12.3. The van der Waals surface area contributed by atoms with Crippen molar-refractivity contribution in [3.05, 3.63) is 89.3 Å². The molecule has 0 saturated carbocycles. The summed E-state index contributed by atoms with van der Waals surface area (Å²) in [5.74, 6) is 1.43. The molecule has 0 N–H and O–H groups in total. The molecule has 0 amide bonds. The Kier molecular flexibility index (Phi) is 4.34. The van der Waals surface area contributed by atoms with Gasteiger partial charge in [-0.05, 0) is 36.4 Å². The second-order valence-corrected chi connectivity index (χ2v) is 6.28. The van der Waals surface area contributed by atoms with E-state index in [0.29, 0.717) is 11.4 Å². The van der Waals surface area contributed by atoms with E-state index in [9.17, 15) is 4.79 Å². The average molecular weight is 357 g/mol. The largest absolute Gasteiger partial charge is 0.457 e. The third kappa shape index (κ3) is 3.27. The van der Waals surface area contributed by atoms with Gasteiger partial charge in [0.15, 0.2) is 0 Å². The molecule has 134 valence electrons. The Hall–Kier alpha value is -3.60. The highest BCUT2D eigenvalue weighted by molar-refractivity contribution is 5.82. The van der Waals surface area contributed by atoms with Gasteiger partial charge in [0.05, 0.1) is 5.69 Å². The van der Waals surface area contributed by atoms with Crippen LogP contribution in [0.2, 0.25) is 0 Å². The van der Waals surface area contributed by atoms with Gasteiger partial charge >= 0.3 is 0 Å². The minimum absolute atomic E-state index is 0.156. The highest BCUT2D eigenvalue weighted by Crippen LogP contribution is 2.36. The smallest absolute Gasteiger partial charge is 0.267 e. The number of nitrogens with zero attached hydrogens (tertiary/aromatic N) is 3. The Bertz CT molecular complexity index is 1140. The maximum Gasteiger partial charge on any atom is 0.267 e. The Balaban J connectivity index is 1.91. The molecule has 0 aliphatic carbocycles. The predicted octanol–water partition coefficient (Wildman–Crippen LogP) is 4.25. The fourth-order valence-corrected chi connectivity index (χ4v) is 3.04. The van der Waals surface area contributed by atoms with Gasteiger partial charge in [0, 0.05) is 37.5 Å². The van der Waals surface area contributed by atoms with Gasteiger partial charge in [-0.15, -0.1) is 0 Å². The van der Waals surface area contributed by atoms with E-state index in [1.54, 1.807) is 13.1 Å². The lowest BCUT2D eigenvalue weighted by Crippen LogP contribution is -2.20. The molecule has 5 heteroatoms. The van der Waals surface area contributed by atoms with Crippen molar-refractivity contribution in [2.75, 3.05) is 0 Å². The number of ether oxygens (including phenoxy) is 1. The summed E-state index contributed by atoms with van der Waals surface area (Å²) in [6.45, 7) is 0. The van der Waals surface area contributed by atoms with Crippen molar-refractivity contribution < 1.29 is 4.74 Å². The van der Waals surface area contributed by atoms with Crippen LogP contribution >= 0.6 is 0 Å². The summed E-state index contributed by atoms with van der Waals surface area (Å²) in [7, 11) is 3.60. The maximum absolute atomic E-state index is 12.3. The van der Waals surface area contributed by atoms with Gasteiger partial charge in [0.2, 0.25) is 0 Å². The number of rotatable bonds is 4. The van der Waals surface area contributed by atoms with Gasteiger partial charge in [-0.3, -0.25) is 4.79 Å². The maximum atomic E-state index is 12.3. The lowest BCUT2D eigenvalue weighted by molar-refractivity contribution is 0.484. The molecule has 0 unspecified atom stereocenters. The molecule has 4 aromatic rings. The SMILES string of the molecule is Cn1cccc1-c1cc(=O)n(C)nc1-c1ccccc1Oc1ccccc1. The Labute approximate surface area is 157 Å². The number of para-hydroxylation sites is 2. The molecule has 2 heterocycles. The van der Waals surface area contributed by atoms with Crippen molar-refractivity contribution in [3.8, 4) is 34.0 Å². The molecular weight excluding hydrogens is 338 g/mol. The standard InChI is InChI=1S/C22H19N3O2/c1-24-14-8-12-19(24)18-15-21(26)25(2)23-22(18)17-11-6-7-13-20(17)27-16-9-4-3-5-10-16/h3-15H,1-2H3. The minimum atomic E-state index is -0.156. The summed E-state index contributed by atoms with van der Waals surface area (Å²) in [6, 6.07) is 22.9. The van der Waals surface area contributed by atoms with Crippen LogP contribution in [0.1, 0.15) is 0 Å². The van der Waals surface area contributed by atoms with E-state index in [2.05, 4.69) is 5.10 Å². The summed E-state index contributed by atoms with van der Waals surface area (Å²) in [5.41, 5.74) is 3.06. The molecule has 0 fully saturated rings. The summed E-state index contributed by atoms with van der Waals surface area (Å²) in [5, 5.41) is 4.55. The van der Waals surface area contributed by atoms with Gasteiger partial charge in [-0.25, -0.2) is 4.68 Å². The van der Waals surface area contributed by atoms with Gasteiger partial charge in [0.1, 0.15) is 17.2 Å². The molecule has 0 spiro atoms. The second-order valence-electron chi connectivity index (χ2n) is 6.28. The molecule has 5 nitrogen and oxygen atoms in total. The van der Waals surface area contributed by atoms with Crippen LogP contribution in [0.3, 0.4) is 0 Å². The van der Waals surface area contributed by atoms with Gasteiger partial charge < -0.3 is 9.30 Å². The average Bonchev–Trinajstić information content (AvgIpc) is 3.11. The molecule has 4 rings (SSSR count). The van der Waals surface area contributed by atoms with E-state index in [0.717, 1.165) is 22.6 Å². The highest BCUT2D eigenvalue weighted by atomic mass is 16.5. The topological polar surface area (TPSA) is 49.0 Å². The van der Waals surface area contributed by atoms with Crippen LogP contribution in [-0.2, 0) is 14.1 Å². The van der Waals surface area contributed by atoms with Crippen molar-refractivity contribution in [1.82, 2.24) is 14.3 Å². The van der Waals surface area contributed by atoms with E-state index in [-0.39, 0.29) is 5.56 Å². The van der Waals surface area contributed by atoms with Crippen molar-refractivity contribution in [1.29, 1.82) is 0 Å². The molecule has 0 atom stereocenters. The third-order valence-corrected chi connectivity index (χ3v) is 4.42. The Morgan fingerprint density at radius 3 is 2.33 bits per heavy atom.